The first-order chi connectivity index (χ1) is 18.8. The number of amides is 1. The number of halogens is 3. The van der Waals surface area contributed by atoms with E-state index in [1.54, 1.807) is 30.3 Å². The van der Waals surface area contributed by atoms with Gasteiger partial charge in [0.05, 0.1) is 17.6 Å². The molecular formula is C29H20F3N5O2. The van der Waals surface area contributed by atoms with Gasteiger partial charge in [-0.3, -0.25) is 14.6 Å². The summed E-state index contributed by atoms with van der Waals surface area (Å²) >= 11 is 0. The Bertz CT molecular complexity index is 1620. The van der Waals surface area contributed by atoms with Crippen molar-refractivity contribution in [3.63, 3.8) is 0 Å². The maximum atomic E-state index is 13.7. The SMILES string of the molecule is O=C(Cc1ccccc1)c1cccc(C(=O)Nc2ccc(-n3nc(-c4cccnc4)cc3C(F)(F)F)cn2)c1. The third kappa shape index (κ3) is 5.90. The van der Waals surface area contributed by atoms with Crippen LogP contribution in [0.2, 0.25) is 0 Å². The van der Waals surface area contributed by atoms with Gasteiger partial charge in [0.25, 0.3) is 5.91 Å². The van der Waals surface area contributed by atoms with Gasteiger partial charge in [-0.25, -0.2) is 9.67 Å². The molecule has 39 heavy (non-hydrogen) atoms. The number of aromatic nitrogens is 4. The van der Waals surface area contributed by atoms with E-state index < -0.39 is 17.8 Å². The van der Waals surface area contributed by atoms with E-state index in [9.17, 15) is 22.8 Å². The molecular weight excluding hydrogens is 507 g/mol. The highest BCUT2D eigenvalue weighted by Crippen LogP contribution is 2.34. The van der Waals surface area contributed by atoms with E-state index in [4.69, 9.17) is 0 Å². The molecule has 5 rings (SSSR count). The lowest BCUT2D eigenvalue weighted by Crippen LogP contribution is -2.15. The summed E-state index contributed by atoms with van der Waals surface area (Å²) < 4.78 is 42.0. The van der Waals surface area contributed by atoms with Gasteiger partial charge in [-0.1, -0.05) is 42.5 Å². The molecule has 0 aliphatic heterocycles. The summed E-state index contributed by atoms with van der Waals surface area (Å²) in [6.07, 6.45) is -0.340. The van der Waals surface area contributed by atoms with Crippen molar-refractivity contribution in [1.82, 2.24) is 19.7 Å². The molecule has 0 spiro atoms. The van der Waals surface area contributed by atoms with Gasteiger partial charge < -0.3 is 5.32 Å². The minimum absolute atomic E-state index is 0.0592. The van der Waals surface area contributed by atoms with Gasteiger partial charge in [-0.05, 0) is 48.0 Å². The average Bonchev–Trinajstić information content (AvgIpc) is 3.41. The molecule has 0 aliphatic carbocycles. The number of alkyl halides is 3. The molecule has 0 saturated heterocycles. The van der Waals surface area contributed by atoms with Gasteiger partial charge in [-0.2, -0.15) is 18.3 Å². The lowest BCUT2D eigenvalue weighted by Gasteiger charge is -2.11. The van der Waals surface area contributed by atoms with E-state index in [0.29, 0.717) is 11.1 Å². The first-order valence-corrected chi connectivity index (χ1v) is 11.8. The highest BCUT2D eigenvalue weighted by Gasteiger charge is 2.36. The number of ketones is 1. The number of rotatable bonds is 7. The van der Waals surface area contributed by atoms with Crippen molar-refractivity contribution in [2.45, 2.75) is 12.6 Å². The zero-order chi connectivity index (χ0) is 27.4. The number of carbonyl (C=O) groups is 2. The van der Waals surface area contributed by atoms with Crippen molar-refractivity contribution >= 4 is 17.5 Å². The van der Waals surface area contributed by atoms with Crippen molar-refractivity contribution in [2.75, 3.05) is 5.32 Å². The lowest BCUT2D eigenvalue weighted by atomic mass is 10.0. The number of nitrogens with zero attached hydrogens (tertiary/aromatic N) is 4. The molecule has 0 fully saturated rings. The predicted octanol–water partition coefficient (Wildman–Crippen LogP) is 6.03. The van der Waals surface area contributed by atoms with Crippen molar-refractivity contribution < 1.29 is 22.8 Å². The topological polar surface area (TPSA) is 89.8 Å². The average molecular weight is 528 g/mol. The minimum atomic E-state index is -4.66. The second-order valence-electron chi connectivity index (χ2n) is 8.59. The van der Waals surface area contributed by atoms with Crippen LogP contribution in [0.25, 0.3) is 16.9 Å². The Labute approximate surface area is 221 Å². The van der Waals surface area contributed by atoms with Crippen molar-refractivity contribution in [2.24, 2.45) is 0 Å². The minimum Gasteiger partial charge on any atom is -0.307 e. The van der Waals surface area contributed by atoms with Gasteiger partial charge in [0.2, 0.25) is 0 Å². The van der Waals surface area contributed by atoms with Crippen LogP contribution in [0.15, 0.2) is 104 Å². The van der Waals surface area contributed by atoms with Crippen molar-refractivity contribution in [1.29, 1.82) is 0 Å². The zero-order valence-electron chi connectivity index (χ0n) is 20.3. The number of Topliss-reactive ketones (excluding diaryl/α,β-unsaturated/α-hetero) is 1. The van der Waals surface area contributed by atoms with Crippen LogP contribution < -0.4 is 5.32 Å². The maximum absolute atomic E-state index is 13.7. The van der Waals surface area contributed by atoms with E-state index >= 15 is 0 Å². The van der Waals surface area contributed by atoms with Gasteiger partial charge in [0.15, 0.2) is 5.78 Å². The zero-order valence-corrected chi connectivity index (χ0v) is 20.3. The molecule has 2 aromatic carbocycles. The second-order valence-corrected chi connectivity index (χ2v) is 8.59. The molecule has 0 radical (unpaired) electrons. The number of anilines is 1. The molecule has 5 aromatic rings. The van der Waals surface area contributed by atoms with Crippen molar-refractivity contribution in [3.05, 3.63) is 126 Å². The quantitative estimate of drug-likeness (QED) is 0.261. The van der Waals surface area contributed by atoms with Gasteiger partial charge in [-0.15, -0.1) is 0 Å². The number of hydrogen-bond donors (Lipinski definition) is 1. The Kier molecular flexibility index (Phi) is 7.00. The maximum Gasteiger partial charge on any atom is 0.433 e. The van der Waals surface area contributed by atoms with E-state index in [-0.39, 0.29) is 35.0 Å². The number of pyridine rings is 2. The number of hydrogen-bond acceptors (Lipinski definition) is 5. The van der Waals surface area contributed by atoms with E-state index in [1.165, 1.54) is 36.8 Å². The molecule has 0 saturated carbocycles. The molecule has 7 nitrogen and oxygen atoms in total. The molecule has 0 bridgehead atoms. The van der Waals surface area contributed by atoms with Crippen LogP contribution in [0.5, 0.6) is 0 Å². The Balaban J connectivity index is 1.33. The third-order valence-electron chi connectivity index (χ3n) is 5.85. The highest BCUT2D eigenvalue weighted by atomic mass is 19.4. The molecule has 0 atom stereocenters. The fraction of sp³-hybridized carbons (Fsp3) is 0.0690. The van der Waals surface area contributed by atoms with Gasteiger partial charge in [0.1, 0.15) is 11.5 Å². The standard InChI is InChI=1S/C29H20F3N5O2/c30-29(31,32)26-16-24(22-10-5-13-33-17-22)36-37(26)23-11-12-27(34-18-23)35-28(39)21-9-4-8-20(15-21)25(38)14-19-6-2-1-3-7-19/h1-13,15-18H,14H2,(H,34,35,39). The van der Waals surface area contributed by atoms with Crippen LogP contribution in [-0.2, 0) is 12.6 Å². The molecule has 1 amide bonds. The van der Waals surface area contributed by atoms with Crippen molar-refractivity contribution in [3.8, 4) is 16.9 Å². The van der Waals surface area contributed by atoms with E-state index in [2.05, 4.69) is 20.4 Å². The van der Waals surface area contributed by atoms with Crippen LogP contribution in [0.4, 0.5) is 19.0 Å². The van der Waals surface area contributed by atoms with Crippen LogP contribution in [-0.4, -0.2) is 31.4 Å². The lowest BCUT2D eigenvalue weighted by molar-refractivity contribution is -0.142. The molecule has 194 valence electrons. The summed E-state index contributed by atoms with van der Waals surface area (Å²) in [5.41, 5.74) is 1.11. The first kappa shape index (κ1) is 25.5. The van der Waals surface area contributed by atoms with E-state index in [1.807, 2.05) is 30.3 Å². The molecule has 0 aliphatic rings. The monoisotopic (exact) mass is 527 g/mol. The first-order valence-electron chi connectivity index (χ1n) is 11.8. The summed E-state index contributed by atoms with van der Waals surface area (Å²) in [5, 5.41) is 6.72. The fourth-order valence-electron chi connectivity index (χ4n) is 3.93. The summed E-state index contributed by atoms with van der Waals surface area (Å²) in [6, 6.07) is 22.5. The molecule has 1 N–H and O–H groups in total. The summed E-state index contributed by atoms with van der Waals surface area (Å²) in [6.45, 7) is 0. The van der Waals surface area contributed by atoms with Gasteiger partial charge in [0, 0.05) is 35.5 Å². The summed E-state index contributed by atoms with van der Waals surface area (Å²) in [4.78, 5) is 33.5. The Morgan fingerprint density at radius 2 is 1.64 bits per heavy atom. The number of benzene rings is 2. The number of carbonyl (C=O) groups excluding carboxylic acids is 2. The van der Waals surface area contributed by atoms with Crippen LogP contribution >= 0.6 is 0 Å². The third-order valence-corrected chi connectivity index (χ3v) is 5.85. The Morgan fingerprint density at radius 1 is 0.846 bits per heavy atom. The number of nitrogens with one attached hydrogen (secondary N) is 1. The Hall–Kier alpha value is -5.12. The molecule has 3 aromatic heterocycles. The highest BCUT2D eigenvalue weighted by molar-refractivity contribution is 6.06. The predicted molar refractivity (Wildman–Crippen MR) is 138 cm³/mol. The summed E-state index contributed by atoms with van der Waals surface area (Å²) in [5.74, 6) is -0.528. The summed E-state index contributed by atoms with van der Waals surface area (Å²) in [7, 11) is 0. The van der Waals surface area contributed by atoms with Gasteiger partial charge >= 0.3 is 6.18 Å². The van der Waals surface area contributed by atoms with Crippen LogP contribution in [0, 0.1) is 0 Å². The normalized spacial score (nSPS) is 11.3. The molecule has 3 heterocycles. The fourth-order valence-corrected chi connectivity index (χ4v) is 3.93. The Morgan fingerprint density at radius 3 is 2.33 bits per heavy atom. The molecule has 0 unspecified atom stereocenters. The smallest absolute Gasteiger partial charge is 0.307 e. The van der Waals surface area contributed by atoms with Crippen LogP contribution in [0.3, 0.4) is 0 Å². The van der Waals surface area contributed by atoms with E-state index in [0.717, 1.165) is 16.3 Å². The second kappa shape index (κ2) is 10.7. The van der Waals surface area contributed by atoms with Crippen LogP contribution in [0.1, 0.15) is 32.0 Å². The molecule has 10 heteroatoms. The largest absolute Gasteiger partial charge is 0.433 e.